The first kappa shape index (κ1) is 83.9. The highest BCUT2D eigenvalue weighted by molar-refractivity contribution is 6.31. The van der Waals surface area contributed by atoms with Gasteiger partial charge in [-0.3, -0.25) is 0 Å². The van der Waals surface area contributed by atoms with Gasteiger partial charge in [0, 0.05) is 67.5 Å². The molecule has 0 unspecified atom stereocenters. The number of methoxy groups -OCH3 is 2. The maximum absolute atomic E-state index is 13.6. The Bertz CT molecular complexity index is 4810. The first-order chi connectivity index (χ1) is 51.9. The maximum atomic E-state index is 13.6. The number of nitrogens with two attached hydrogens (primary N) is 6. The highest BCUT2D eigenvalue weighted by Crippen LogP contribution is 2.31. The van der Waals surface area contributed by atoms with E-state index in [1.54, 1.807) is 43.5 Å². The molecule has 0 saturated carbocycles. The number of hydrogen-bond acceptors (Lipinski definition) is 22. The van der Waals surface area contributed by atoms with Gasteiger partial charge in [-0.1, -0.05) is 53.1 Å². The number of nitrogens with zero attached hydrogens (tertiary/aromatic N) is 12. The molecule has 0 saturated heterocycles. The van der Waals surface area contributed by atoms with Crippen LogP contribution in [0.15, 0.2) is 158 Å². The lowest BCUT2D eigenvalue weighted by atomic mass is 10.1. The third kappa shape index (κ3) is 25.7. The van der Waals surface area contributed by atoms with Gasteiger partial charge < -0.3 is 53.3 Å². The smallest absolute Gasteiger partial charge is 0.496 e. The van der Waals surface area contributed by atoms with E-state index in [2.05, 4.69) is 64.5 Å². The topological polar surface area (TPSA) is 348 Å². The van der Waals surface area contributed by atoms with Gasteiger partial charge in [-0.25, -0.2) is 77.4 Å². The van der Waals surface area contributed by atoms with Crippen molar-refractivity contribution in [1.29, 1.82) is 0 Å². The molecule has 109 heavy (non-hydrogen) atoms. The van der Waals surface area contributed by atoms with Gasteiger partial charge in [-0.15, -0.1) is 13.2 Å². The number of halogens is 8. The van der Waals surface area contributed by atoms with Crippen LogP contribution in [0.1, 0.15) is 95.1 Å². The number of benzene rings is 6. The van der Waals surface area contributed by atoms with Crippen LogP contribution in [0, 0.1) is 30.2 Å². The van der Waals surface area contributed by atoms with Gasteiger partial charge in [0.2, 0.25) is 35.7 Å². The van der Waals surface area contributed by atoms with E-state index >= 15 is 0 Å². The summed E-state index contributed by atoms with van der Waals surface area (Å²) in [5.74, 6) is 0.292. The molecule has 0 aliphatic rings. The molecule has 0 radical (unpaired) electrons. The van der Waals surface area contributed by atoms with Crippen LogP contribution in [0.5, 0.6) is 23.0 Å². The van der Waals surface area contributed by atoms with E-state index in [0.717, 1.165) is 117 Å². The van der Waals surface area contributed by atoms with Gasteiger partial charge in [-0.05, 0) is 223 Å². The zero-order chi connectivity index (χ0) is 79.6. The van der Waals surface area contributed by atoms with Crippen molar-refractivity contribution in [2.24, 2.45) is 0 Å². The van der Waals surface area contributed by atoms with Crippen LogP contribution >= 0.6 is 11.6 Å². The lowest BCUT2D eigenvalue weighted by Gasteiger charge is -2.10. The number of alkyl halides is 3. The third-order valence-electron chi connectivity index (χ3n) is 15.4. The van der Waals surface area contributed by atoms with Crippen LogP contribution in [0.3, 0.4) is 0 Å². The molecule has 12 rings (SSSR count). The summed E-state index contributed by atoms with van der Waals surface area (Å²) < 4.78 is 108. The SMILES string of the molecule is CCc1cc(-c2ccc(F)c(Cl)c2)nc(N)n1.CCc1cc(-c2ccc(F)c(F)c2)nc(N)n1.CCc1cc(-c2ccc(OC(C)C)cc2)nc(N)n1.CCc1cc(-c2ccc(OC(F)(F)F)cc2)nc(N)n1.CCc1cc(-c2ccc(OC)c(C)c2)nc(N)n1.CCc1cc(-c2ccc(OC)c(F)c2)nc(N)n1. The van der Waals surface area contributed by atoms with Gasteiger partial charge in [0.15, 0.2) is 23.2 Å². The summed E-state index contributed by atoms with van der Waals surface area (Å²) in [5, 5.41) is 0.0673. The highest BCUT2D eigenvalue weighted by Gasteiger charge is 2.31. The number of ether oxygens (including phenoxy) is 4. The van der Waals surface area contributed by atoms with Crippen molar-refractivity contribution in [3.05, 3.63) is 226 Å². The predicted octanol–water partition coefficient (Wildman–Crippen LogP) is 17.0. The Morgan fingerprint density at radius 1 is 0.339 bits per heavy atom. The van der Waals surface area contributed by atoms with Gasteiger partial charge in [0.1, 0.15) is 23.1 Å². The van der Waals surface area contributed by atoms with Crippen molar-refractivity contribution in [3.63, 3.8) is 0 Å². The van der Waals surface area contributed by atoms with Crippen LogP contribution < -0.4 is 53.3 Å². The molecule has 0 aliphatic heterocycles. The zero-order valence-electron chi connectivity index (χ0n) is 61.8. The molecule has 0 bridgehead atoms. The second-order valence-corrected chi connectivity index (χ2v) is 24.2. The number of aromatic nitrogens is 12. The van der Waals surface area contributed by atoms with E-state index in [4.69, 9.17) is 60.2 Å². The minimum Gasteiger partial charge on any atom is -0.496 e. The summed E-state index contributed by atoms with van der Waals surface area (Å²) in [5.41, 5.74) is 48.5. The molecule has 0 amide bonds. The van der Waals surface area contributed by atoms with Crippen LogP contribution in [0.25, 0.3) is 67.5 Å². The summed E-state index contributed by atoms with van der Waals surface area (Å²) >= 11 is 5.73. The van der Waals surface area contributed by atoms with Crippen LogP contribution in [-0.4, -0.2) is 86.5 Å². The summed E-state index contributed by atoms with van der Waals surface area (Å²) in [6.07, 6.45) is 0.0531. The predicted molar refractivity (Wildman–Crippen MR) is 413 cm³/mol. The number of rotatable bonds is 17. The van der Waals surface area contributed by atoms with Crippen molar-refractivity contribution in [2.45, 2.75) is 113 Å². The van der Waals surface area contributed by atoms with E-state index < -0.39 is 29.6 Å². The Labute approximate surface area is 632 Å². The normalized spacial score (nSPS) is 10.7. The number of anilines is 6. The molecule has 6 heterocycles. The van der Waals surface area contributed by atoms with Crippen LogP contribution in [-0.2, 0) is 38.5 Å². The second kappa shape index (κ2) is 39.8. The van der Waals surface area contributed by atoms with E-state index in [1.165, 1.54) is 55.6 Å². The van der Waals surface area contributed by atoms with Gasteiger partial charge >= 0.3 is 6.36 Å². The minimum absolute atomic E-state index is 0.0673. The van der Waals surface area contributed by atoms with Crippen molar-refractivity contribution in [2.75, 3.05) is 48.6 Å². The molecule has 12 aromatic rings. The van der Waals surface area contributed by atoms with E-state index in [-0.39, 0.29) is 46.4 Å². The molecule has 12 N–H and O–H groups in total. The molecule has 6 aromatic heterocycles. The molecule has 0 aliphatic carbocycles. The average molecular weight is 1520 g/mol. The summed E-state index contributed by atoms with van der Waals surface area (Å²) in [6, 6.07) is 43.0. The quantitative estimate of drug-likeness (QED) is 0.0461. The second-order valence-electron chi connectivity index (χ2n) is 23.8. The molecule has 22 nitrogen and oxygen atoms in total. The Kier molecular flexibility index (Phi) is 30.6. The zero-order valence-corrected chi connectivity index (χ0v) is 62.6. The van der Waals surface area contributed by atoms with E-state index in [9.17, 15) is 30.7 Å². The maximum Gasteiger partial charge on any atom is 0.573 e. The minimum atomic E-state index is -4.70. The van der Waals surface area contributed by atoms with Crippen molar-refractivity contribution >= 4 is 47.3 Å². The first-order valence-electron chi connectivity index (χ1n) is 34.3. The third-order valence-corrected chi connectivity index (χ3v) is 15.7. The summed E-state index contributed by atoms with van der Waals surface area (Å²) in [7, 11) is 3.09. The van der Waals surface area contributed by atoms with Gasteiger partial charge in [-0.2, -0.15) is 0 Å². The van der Waals surface area contributed by atoms with Crippen molar-refractivity contribution in [3.8, 4) is 90.5 Å². The highest BCUT2D eigenvalue weighted by atomic mass is 35.5. The molecular weight excluding hydrogens is 1430 g/mol. The number of nitrogen functional groups attached to an aromatic ring is 6. The standard InChI is InChI=1S/C15H19N3O.C14H17N3O.C13H12F3N3O.C13H14FN3O.C12H11ClFN3.C12H11F2N3/c1-4-12-9-14(18-15(16)17-12)11-5-7-13(8-6-11)19-10(2)3;1-4-11-8-12(17-14(15)16-11)10-5-6-13(18-3)9(2)7-10;1-2-9-7-11(19-12(17)18-9)8-3-5-10(6-4-8)20-13(14,15)16;1-3-9-7-11(17-13(15)16-9)8-4-5-12(18-2)10(14)6-8;1-2-8-6-11(17-12(15)16-8)7-3-4-10(14)9(13)5-7;1-2-8-6-11(17-12(15)16-8)7-3-4-9(13)10(14)5-7/h5-10H,4H2,1-3H3,(H2,16,17,18);5-8H,4H2,1-3H3,(H2,15,16,17);3-7H,2H2,1H3,(H2,17,18,19);4-7H,3H2,1-2H3,(H2,15,16,17);2*3-6H,2H2,1H3,(H2,15,16,17). The largest absolute Gasteiger partial charge is 0.573 e. The number of hydrogen-bond donors (Lipinski definition) is 6. The molecule has 0 atom stereocenters. The molecule has 0 fully saturated rings. The fraction of sp³-hybridized carbons (Fsp3) is 0.241. The average Bonchev–Trinajstić information content (AvgIpc) is 0.835. The van der Waals surface area contributed by atoms with Gasteiger partial charge in [0.05, 0.1) is 59.5 Å². The Morgan fingerprint density at radius 3 is 0.917 bits per heavy atom. The Hall–Kier alpha value is -12.4. The fourth-order valence-corrected chi connectivity index (χ4v) is 10.2. The molecule has 6 aromatic carbocycles. The monoisotopic (exact) mass is 1520 g/mol. The first-order valence-corrected chi connectivity index (χ1v) is 34.6. The van der Waals surface area contributed by atoms with Crippen LogP contribution in [0.2, 0.25) is 5.02 Å². The van der Waals surface area contributed by atoms with Crippen molar-refractivity contribution < 1.29 is 49.7 Å². The molecule has 30 heteroatoms. The molecule has 0 spiro atoms. The Morgan fingerprint density at radius 2 is 0.624 bits per heavy atom. The molecule has 570 valence electrons. The van der Waals surface area contributed by atoms with Crippen LogP contribution in [0.4, 0.5) is 66.4 Å². The van der Waals surface area contributed by atoms with E-state index in [0.29, 0.717) is 64.2 Å². The van der Waals surface area contributed by atoms with Gasteiger partial charge in [0.25, 0.3) is 0 Å². The summed E-state index contributed by atoms with van der Waals surface area (Å²) in [6.45, 7) is 17.9. The number of aryl methyl sites for hydroxylation is 7. The molecular formula is C79H84ClF7N18O4. The summed E-state index contributed by atoms with van der Waals surface area (Å²) in [4.78, 5) is 49.4. The van der Waals surface area contributed by atoms with Crippen molar-refractivity contribution in [1.82, 2.24) is 59.8 Å². The Balaban J connectivity index is 0.000000182. The lowest BCUT2D eigenvalue weighted by molar-refractivity contribution is -0.274. The lowest BCUT2D eigenvalue weighted by Crippen LogP contribution is -2.16. The van der Waals surface area contributed by atoms with E-state index in [1.807, 2.05) is 123 Å². The fourth-order valence-electron chi connectivity index (χ4n) is 10.1.